The molecule has 0 atom stereocenters. The molecule has 0 aliphatic carbocycles. The Morgan fingerprint density at radius 2 is 1.79 bits per heavy atom. The summed E-state index contributed by atoms with van der Waals surface area (Å²) in [5.74, 6) is -0.521. The molecule has 0 bridgehead atoms. The highest BCUT2D eigenvalue weighted by molar-refractivity contribution is 7.15. The van der Waals surface area contributed by atoms with Gasteiger partial charge in [0.1, 0.15) is 10.7 Å². The summed E-state index contributed by atoms with van der Waals surface area (Å²) in [6, 6.07) is 4.65. The van der Waals surface area contributed by atoms with Crippen LogP contribution in [0.1, 0.15) is 19.3 Å². The van der Waals surface area contributed by atoms with E-state index < -0.39 is 5.97 Å². The number of carbonyl (C=O) groups excluding carboxylic acids is 1. The van der Waals surface area contributed by atoms with E-state index >= 15 is 0 Å². The summed E-state index contributed by atoms with van der Waals surface area (Å²) in [7, 11) is 0. The minimum absolute atomic E-state index is 0.151. The Morgan fingerprint density at radius 3 is 2.38 bits per heavy atom. The van der Waals surface area contributed by atoms with Crippen molar-refractivity contribution in [1.29, 1.82) is 0 Å². The first-order valence-corrected chi connectivity index (χ1v) is 8.71. The Morgan fingerprint density at radius 1 is 1.12 bits per heavy atom. The van der Waals surface area contributed by atoms with Gasteiger partial charge in [-0.25, -0.2) is 9.78 Å². The molecule has 1 fully saturated rings. The van der Waals surface area contributed by atoms with Gasteiger partial charge in [-0.2, -0.15) is 0 Å². The number of hydrogen-bond acceptors (Lipinski definition) is 5. The molecule has 6 nitrogen and oxygen atoms in total. The lowest BCUT2D eigenvalue weighted by atomic mass is 10.3. The number of carboxylic acids is 1. The maximum atomic E-state index is 12.5. The summed E-state index contributed by atoms with van der Waals surface area (Å²) in [6.07, 6.45) is 1.54. The molecule has 9 heteroatoms. The molecule has 3 rings (SSSR count). The fourth-order valence-electron chi connectivity index (χ4n) is 2.48. The molecule has 126 valence electrons. The molecule has 2 aromatic heterocycles. The van der Waals surface area contributed by atoms with Gasteiger partial charge in [-0.05, 0) is 18.2 Å². The molecule has 1 N–H and O–H groups in total. The molecule has 2 aromatic rings. The van der Waals surface area contributed by atoms with Gasteiger partial charge in [0.25, 0.3) is 5.91 Å². The van der Waals surface area contributed by atoms with E-state index in [-0.39, 0.29) is 10.8 Å². The van der Waals surface area contributed by atoms with Gasteiger partial charge in [-0.15, -0.1) is 11.3 Å². The predicted octanol–water partition coefficient (Wildman–Crippen LogP) is 3.11. The number of thiophene rings is 1. The third kappa shape index (κ3) is 3.48. The number of nitrogens with zero attached hydrogens (tertiary/aromatic N) is 3. The van der Waals surface area contributed by atoms with Crippen LogP contribution in [0.2, 0.25) is 10.0 Å². The van der Waals surface area contributed by atoms with Crippen molar-refractivity contribution in [1.82, 2.24) is 9.88 Å². The molecule has 1 amide bonds. The van der Waals surface area contributed by atoms with Crippen LogP contribution in [0, 0.1) is 0 Å². The number of aromatic carboxylic acids is 1. The molecule has 0 radical (unpaired) electrons. The normalized spacial score (nSPS) is 14.8. The second-order valence-corrected chi connectivity index (χ2v) is 7.13. The van der Waals surface area contributed by atoms with E-state index in [2.05, 4.69) is 4.98 Å². The molecule has 1 aliphatic rings. The number of carbonyl (C=O) groups is 2. The summed E-state index contributed by atoms with van der Waals surface area (Å²) >= 11 is 13.0. The lowest BCUT2D eigenvalue weighted by molar-refractivity contribution is 0.0701. The molecular weight excluding hydrogens is 373 g/mol. The summed E-state index contributed by atoms with van der Waals surface area (Å²) in [4.78, 5) is 31.9. The SMILES string of the molecule is O=C(O)c1ccc(C(=O)N2CCN(c3ncc(Cl)cc3Cl)CC2)s1. The maximum absolute atomic E-state index is 12.5. The monoisotopic (exact) mass is 385 g/mol. The van der Waals surface area contributed by atoms with Crippen molar-refractivity contribution in [3.8, 4) is 0 Å². The van der Waals surface area contributed by atoms with Crippen LogP contribution in [0.3, 0.4) is 0 Å². The second-order valence-electron chi connectivity index (χ2n) is 5.21. The molecule has 1 saturated heterocycles. The van der Waals surface area contributed by atoms with Gasteiger partial charge >= 0.3 is 5.97 Å². The summed E-state index contributed by atoms with van der Waals surface area (Å²) in [5.41, 5.74) is 0. The van der Waals surface area contributed by atoms with Crippen molar-refractivity contribution in [2.75, 3.05) is 31.1 Å². The Labute approximate surface area is 152 Å². The molecule has 0 unspecified atom stereocenters. The van der Waals surface area contributed by atoms with Crippen molar-refractivity contribution in [2.45, 2.75) is 0 Å². The number of hydrogen-bond donors (Lipinski definition) is 1. The number of halogens is 2. The first-order valence-electron chi connectivity index (χ1n) is 7.14. The van der Waals surface area contributed by atoms with E-state index in [0.717, 1.165) is 11.3 Å². The highest BCUT2D eigenvalue weighted by atomic mass is 35.5. The van der Waals surface area contributed by atoms with E-state index in [1.165, 1.54) is 6.07 Å². The van der Waals surface area contributed by atoms with Crippen molar-refractivity contribution < 1.29 is 14.7 Å². The third-order valence-corrected chi connectivity index (χ3v) is 5.23. The maximum Gasteiger partial charge on any atom is 0.345 e. The molecule has 1 aliphatic heterocycles. The number of anilines is 1. The standard InChI is InChI=1S/C15H13Cl2N3O3S/c16-9-7-10(17)13(18-8-9)19-3-5-20(6-4-19)14(21)11-1-2-12(24-11)15(22)23/h1-2,7-8H,3-6H2,(H,22,23). The zero-order chi connectivity index (χ0) is 17.3. The first-order chi connectivity index (χ1) is 11.5. The van der Waals surface area contributed by atoms with Crippen LogP contribution in [0.25, 0.3) is 0 Å². The quantitative estimate of drug-likeness (QED) is 0.878. The van der Waals surface area contributed by atoms with Crippen LogP contribution < -0.4 is 4.90 Å². The summed E-state index contributed by atoms with van der Waals surface area (Å²) in [6.45, 7) is 2.22. The molecule has 3 heterocycles. The van der Waals surface area contributed by atoms with Crippen LogP contribution in [0.15, 0.2) is 24.4 Å². The molecule has 0 aromatic carbocycles. The number of pyridine rings is 1. The van der Waals surface area contributed by atoms with Crippen LogP contribution >= 0.6 is 34.5 Å². The van der Waals surface area contributed by atoms with Crippen molar-refractivity contribution in [2.24, 2.45) is 0 Å². The predicted molar refractivity (Wildman–Crippen MR) is 93.7 cm³/mol. The largest absolute Gasteiger partial charge is 0.477 e. The van der Waals surface area contributed by atoms with Crippen LogP contribution in [-0.4, -0.2) is 53.0 Å². The van der Waals surface area contributed by atoms with Crippen molar-refractivity contribution in [3.63, 3.8) is 0 Å². The number of amides is 1. The smallest absolute Gasteiger partial charge is 0.345 e. The Balaban J connectivity index is 1.65. The summed E-state index contributed by atoms with van der Waals surface area (Å²) in [5, 5.41) is 9.90. The number of rotatable bonds is 3. The lowest BCUT2D eigenvalue weighted by Gasteiger charge is -2.35. The number of piperazine rings is 1. The Kier molecular flexibility index (Phi) is 4.93. The third-order valence-electron chi connectivity index (χ3n) is 3.68. The molecule has 0 spiro atoms. The van der Waals surface area contributed by atoms with Crippen molar-refractivity contribution >= 4 is 52.2 Å². The van der Waals surface area contributed by atoms with Gasteiger partial charge in [0.15, 0.2) is 0 Å². The van der Waals surface area contributed by atoms with Crippen LogP contribution in [0.4, 0.5) is 5.82 Å². The highest BCUT2D eigenvalue weighted by Gasteiger charge is 2.25. The van der Waals surface area contributed by atoms with E-state index in [4.69, 9.17) is 28.3 Å². The fourth-order valence-corrected chi connectivity index (χ4v) is 3.80. The average Bonchev–Trinajstić information content (AvgIpc) is 3.05. The van der Waals surface area contributed by atoms with E-state index in [9.17, 15) is 9.59 Å². The van der Waals surface area contributed by atoms with Gasteiger partial charge in [0.05, 0.1) is 14.9 Å². The van der Waals surface area contributed by atoms with E-state index in [1.807, 2.05) is 4.90 Å². The van der Waals surface area contributed by atoms with Crippen LogP contribution in [-0.2, 0) is 0 Å². The fraction of sp³-hybridized carbons (Fsp3) is 0.267. The molecule has 24 heavy (non-hydrogen) atoms. The topological polar surface area (TPSA) is 73.7 Å². The average molecular weight is 386 g/mol. The zero-order valence-electron chi connectivity index (χ0n) is 12.4. The molecular formula is C15H13Cl2N3O3S. The Hall–Kier alpha value is -1.83. The second kappa shape index (κ2) is 6.96. The van der Waals surface area contributed by atoms with Gasteiger partial charge < -0.3 is 14.9 Å². The number of carboxylic acid groups (broad SMARTS) is 1. The van der Waals surface area contributed by atoms with Gasteiger partial charge in [0.2, 0.25) is 0 Å². The lowest BCUT2D eigenvalue weighted by Crippen LogP contribution is -2.49. The van der Waals surface area contributed by atoms with Crippen LogP contribution in [0.5, 0.6) is 0 Å². The van der Waals surface area contributed by atoms with E-state index in [1.54, 1.807) is 23.2 Å². The molecule has 0 saturated carbocycles. The van der Waals surface area contributed by atoms with Gasteiger partial charge in [-0.1, -0.05) is 23.2 Å². The minimum Gasteiger partial charge on any atom is -0.477 e. The van der Waals surface area contributed by atoms with Crippen molar-refractivity contribution in [3.05, 3.63) is 44.2 Å². The van der Waals surface area contributed by atoms with Gasteiger partial charge in [-0.3, -0.25) is 4.79 Å². The number of aromatic nitrogens is 1. The van der Waals surface area contributed by atoms with E-state index in [0.29, 0.717) is 46.9 Å². The Bertz CT molecular complexity index is 788. The highest BCUT2D eigenvalue weighted by Crippen LogP contribution is 2.27. The zero-order valence-corrected chi connectivity index (χ0v) is 14.7. The first kappa shape index (κ1) is 17.0. The minimum atomic E-state index is -1.02. The van der Waals surface area contributed by atoms with Gasteiger partial charge in [0, 0.05) is 32.4 Å². The summed E-state index contributed by atoms with van der Waals surface area (Å²) < 4.78 is 0.